The number of rotatable bonds is 4. The fourth-order valence-corrected chi connectivity index (χ4v) is 4.06. The highest BCUT2D eigenvalue weighted by Crippen LogP contribution is 2.27. The van der Waals surface area contributed by atoms with Crippen molar-refractivity contribution in [1.29, 1.82) is 0 Å². The van der Waals surface area contributed by atoms with Crippen LogP contribution < -0.4 is 0 Å². The van der Waals surface area contributed by atoms with Crippen LogP contribution in [0, 0.1) is 0 Å². The van der Waals surface area contributed by atoms with Crippen LogP contribution in [-0.4, -0.2) is 48.1 Å². The maximum Gasteiger partial charge on any atom is 0.0224 e. The second kappa shape index (κ2) is 5.75. The fourth-order valence-electron chi connectivity index (χ4n) is 4.06. The first kappa shape index (κ1) is 12.7. The highest BCUT2D eigenvalue weighted by molar-refractivity contribution is 5.08. The zero-order valence-electron chi connectivity index (χ0n) is 11.9. The molecule has 2 nitrogen and oxygen atoms in total. The quantitative estimate of drug-likeness (QED) is 0.706. The molecule has 0 radical (unpaired) electrons. The normalized spacial score (nSPS) is 33.7. The molecule has 0 amide bonds. The van der Waals surface area contributed by atoms with Crippen LogP contribution in [0.25, 0.3) is 0 Å². The van der Waals surface area contributed by atoms with E-state index in [2.05, 4.69) is 22.8 Å². The number of piperazine rings is 1. The first-order valence-electron chi connectivity index (χ1n) is 8.03. The molecule has 2 saturated heterocycles. The summed E-state index contributed by atoms with van der Waals surface area (Å²) in [6.07, 6.45) is 12.1. The summed E-state index contributed by atoms with van der Waals surface area (Å²) < 4.78 is 0. The Morgan fingerprint density at radius 3 is 3.00 bits per heavy atom. The fraction of sp³-hybridized carbons (Fsp3) is 0.875. The lowest BCUT2D eigenvalue weighted by Gasteiger charge is -2.43. The van der Waals surface area contributed by atoms with Crippen LogP contribution in [-0.2, 0) is 0 Å². The van der Waals surface area contributed by atoms with Gasteiger partial charge >= 0.3 is 0 Å². The van der Waals surface area contributed by atoms with Gasteiger partial charge in [0.2, 0.25) is 0 Å². The van der Waals surface area contributed by atoms with Crippen LogP contribution in [0.2, 0.25) is 0 Å². The van der Waals surface area contributed by atoms with E-state index in [0.29, 0.717) is 0 Å². The average molecular weight is 248 g/mol. The molecule has 0 bridgehead atoms. The third-order valence-corrected chi connectivity index (χ3v) is 5.23. The van der Waals surface area contributed by atoms with E-state index in [1.165, 1.54) is 71.1 Å². The summed E-state index contributed by atoms with van der Waals surface area (Å²) in [4.78, 5) is 5.55. The molecular formula is C16H28N2. The third kappa shape index (κ3) is 2.65. The molecule has 18 heavy (non-hydrogen) atoms. The maximum atomic E-state index is 2.80. The van der Waals surface area contributed by atoms with E-state index < -0.39 is 0 Å². The Balaban J connectivity index is 1.55. The minimum Gasteiger partial charge on any atom is -0.298 e. The molecule has 0 saturated carbocycles. The maximum absolute atomic E-state index is 2.80. The Morgan fingerprint density at radius 1 is 1.28 bits per heavy atom. The van der Waals surface area contributed by atoms with Crippen molar-refractivity contribution in [3.05, 3.63) is 11.6 Å². The molecule has 2 heterocycles. The summed E-state index contributed by atoms with van der Waals surface area (Å²) in [5.41, 5.74) is 1.73. The van der Waals surface area contributed by atoms with Crippen molar-refractivity contribution in [1.82, 2.24) is 9.80 Å². The van der Waals surface area contributed by atoms with E-state index in [-0.39, 0.29) is 0 Å². The highest BCUT2D eigenvalue weighted by atomic mass is 15.3. The third-order valence-electron chi connectivity index (χ3n) is 5.23. The second-order valence-corrected chi connectivity index (χ2v) is 6.35. The smallest absolute Gasteiger partial charge is 0.0224 e. The largest absolute Gasteiger partial charge is 0.298 e. The number of hydrogen-bond donors (Lipinski definition) is 0. The van der Waals surface area contributed by atoms with Crippen LogP contribution in [0.3, 0.4) is 0 Å². The van der Waals surface area contributed by atoms with Gasteiger partial charge in [-0.15, -0.1) is 0 Å². The van der Waals surface area contributed by atoms with Crippen molar-refractivity contribution in [2.75, 3.05) is 26.2 Å². The Kier molecular flexibility index (Phi) is 4.05. The summed E-state index contributed by atoms with van der Waals surface area (Å²) in [7, 11) is 0. The van der Waals surface area contributed by atoms with E-state index in [4.69, 9.17) is 0 Å². The average Bonchev–Trinajstić information content (AvgIpc) is 3.05. The second-order valence-electron chi connectivity index (χ2n) is 6.35. The number of fused-ring (bicyclic) bond motifs is 1. The van der Waals surface area contributed by atoms with Gasteiger partial charge in [0.15, 0.2) is 0 Å². The molecule has 3 rings (SSSR count). The van der Waals surface area contributed by atoms with Gasteiger partial charge in [0.1, 0.15) is 0 Å². The first-order chi connectivity index (χ1) is 8.86. The Hall–Kier alpha value is -0.340. The van der Waals surface area contributed by atoms with Gasteiger partial charge in [-0.1, -0.05) is 18.6 Å². The van der Waals surface area contributed by atoms with Gasteiger partial charge in [-0.2, -0.15) is 0 Å². The molecule has 0 N–H and O–H groups in total. The zero-order valence-corrected chi connectivity index (χ0v) is 11.9. The standard InChI is InChI=1S/C16H28N2/c1-2-15-12-17-10-5-8-16(17)13-18(15)11-9-14-6-3-4-7-14/h6,15-16H,2-5,7-13H2,1H3. The predicted octanol–water partition coefficient (Wildman–Crippen LogP) is 3.05. The van der Waals surface area contributed by atoms with E-state index in [1.807, 2.05) is 0 Å². The molecule has 3 aliphatic rings. The molecule has 0 spiro atoms. The monoisotopic (exact) mass is 248 g/mol. The van der Waals surface area contributed by atoms with Gasteiger partial charge in [-0.05, 0) is 51.5 Å². The number of hydrogen-bond acceptors (Lipinski definition) is 2. The minimum atomic E-state index is 0.821. The number of allylic oxidation sites excluding steroid dienone is 1. The van der Waals surface area contributed by atoms with Crippen molar-refractivity contribution >= 4 is 0 Å². The SMILES string of the molecule is CCC1CN2CCCC2CN1CCC1=CCCC1. The van der Waals surface area contributed by atoms with Gasteiger partial charge in [0, 0.05) is 31.7 Å². The molecule has 2 aliphatic heterocycles. The molecule has 1 aliphatic carbocycles. The molecule has 0 aromatic rings. The molecule has 2 heteroatoms. The molecular weight excluding hydrogens is 220 g/mol. The van der Waals surface area contributed by atoms with Gasteiger partial charge in [-0.25, -0.2) is 0 Å². The summed E-state index contributed by atoms with van der Waals surface area (Å²) >= 11 is 0. The molecule has 102 valence electrons. The summed E-state index contributed by atoms with van der Waals surface area (Å²) in [6.45, 7) is 7.71. The van der Waals surface area contributed by atoms with Gasteiger partial charge < -0.3 is 0 Å². The molecule has 0 aromatic heterocycles. The summed E-state index contributed by atoms with van der Waals surface area (Å²) in [6, 6.07) is 1.70. The van der Waals surface area contributed by atoms with Crippen LogP contribution in [0.15, 0.2) is 11.6 Å². The molecule has 2 unspecified atom stereocenters. The van der Waals surface area contributed by atoms with E-state index in [9.17, 15) is 0 Å². The van der Waals surface area contributed by atoms with Crippen molar-refractivity contribution in [2.45, 2.75) is 64.0 Å². The topological polar surface area (TPSA) is 6.48 Å². The zero-order chi connectivity index (χ0) is 12.4. The van der Waals surface area contributed by atoms with Gasteiger partial charge in [0.25, 0.3) is 0 Å². The van der Waals surface area contributed by atoms with Crippen LogP contribution in [0.4, 0.5) is 0 Å². The predicted molar refractivity (Wildman–Crippen MR) is 76.8 cm³/mol. The van der Waals surface area contributed by atoms with Crippen LogP contribution in [0.1, 0.15) is 51.9 Å². The molecule has 2 atom stereocenters. The number of nitrogens with zero attached hydrogens (tertiary/aromatic N) is 2. The van der Waals surface area contributed by atoms with Gasteiger partial charge in [-0.3, -0.25) is 9.80 Å². The van der Waals surface area contributed by atoms with Crippen molar-refractivity contribution in [3.63, 3.8) is 0 Å². The van der Waals surface area contributed by atoms with Crippen LogP contribution in [0.5, 0.6) is 0 Å². The Labute approximate surface area is 112 Å². The lowest BCUT2D eigenvalue weighted by molar-refractivity contribution is 0.0500. The highest BCUT2D eigenvalue weighted by Gasteiger charge is 2.35. The Morgan fingerprint density at radius 2 is 2.22 bits per heavy atom. The lowest BCUT2D eigenvalue weighted by atomic mass is 10.0. The summed E-state index contributed by atoms with van der Waals surface area (Å²) in [5.74, 6) is 0. The molecule has 0 aromatic carbocycles. The minimum absolute atomic E-state index is 0.821. The van der Waals surface area contributed by atoms with Crippen molar-refractivity contribution < 1.29 is 0 Å². The van der Waals surface area contributed by atoms with E-state index in [1.54, 1.807) is 5.57 Å². The van der Waals surface area contributed by atoms with Crippen molar-refractivity contribution in [2.24, 2.45) is 0 Å². The first-order valence-corrected chi connectivity index (χ1v) is 8.03. The van der Waals surface area contributed by atoms with Crippen LogP contribution >= 0.6 is 0 Å². The van der Waals surface area contributed by atoms with Gasteiger partial charge in [0.05, 0.1) is 0 Å². The molecule has 2 fully saturated rings. The Bertz CT molecular complexity index is 310. The van der Waals surface area contributed by atoms with E-state index in [0.717, 1.165) is 12.1 Å². The summed E-state index contributed by atoms with van der Waals surface area (Å²) in [5, 5.41) is 0. The van der Waals surface area contributed by atoms with E-state index >= 15 is 0 Å². The van der Waals surface area contributed by atoms with Crippen molar-refractivity contribution in [3.8, 4) is 0 Å². The lowest BCUT2D eigenvalue weighted by Crippen LogP contribution is -2.55.